The van der Waals surface area contributed by atoms with Crippen molar-refractivity contribution in [2.75, 3.05) is 36.7 Å². The first kappa shape index (κ1) is 14.0. The molecule has 3 rings (SSSR count). The quantitative estimate of drug-likeness (QED) is 0.695. The number of nitrogens with one attached hydrogen (secondary N) is 1. The average Bonchev–Trinajstić information content (AvgIpc) is 2.76. The summed E-state index contributed by atoms with van der Waals surface area (Å²) in [6, 6.07) is 10.1. The van der Waals surface area contributed by atoms with Crippen LogP contribution in [0.2, 0.25) is 0 Å². The first-order chi connectivity index (χ1) is 10.3. The van der Waals surface area contributed by atoms with Crippen LogP contribution in [0.5, 0.6) is 5.75 Å². The summed E-state index contributed by atoms with van der Waals surface area (Å²) in [5.74, 6) is 2.73. The van der Waals surface area contributed by atoms with E-state index in [0.29, 0.717) is 6.61 Å². The molecule has 1 aliphatic heterocycles. The highest BCUT2D eigenvalue weighted by Gasteiger charge is 2.17. The summed E-state index contributed by atoms with van der Waals surface area (Å²) in [5, 5.41) is 3.87. The van der Waals surface area contributed by atoms with E-state index in [1.165, 1.54) is 5.56 Å². The summed E-state index contributed by atoms with van der Waals surface area (Å²) in [6.07, 6.45) is 1.99. The van der Waals surface area contributed by atoms with E-state index in [4.69, 9.17) is 4.74 Å². The molecule has 0 spiro atoms. The van der Waals surface area contributed by atoms with Gasteiger partial charge in [-0.1, -0.05) is 30.0 Å². The number of nitrogens with zero attached hydrogens (tertiary/aromatic N) is 3. The third-order valence-corrected chi connectivity index (χ3v) is 3.96. The molecule has 6 heteroatoms. The van der Waals surface area contributed by atoms with Crippen LogP contribution in [0.4, 0.5) is 11.6 Å². The van der Waals surface area contributed by atoms with Gasteiger partial charge in [-0.3, -0.25) is 0 Å². The van der Waals surface area contributed by atoms with Crippen LogP contribution in [-0.2, 0) is 6.54 Å². The van der Waals surface area contributed by atoms with Gasteiger partial charge in [-0.05, 0) is 12.3 Å². The van der Waals surface area contributed by atoms with Gasteiger partial charge in [-0.2, -0.15) is 0 Å². The zero-order valence-electron chi connectivity index (χ0n) is 12.2. The van der Waals surface area contributed by atoms with Crippen molar-refractivity contribution >= 4 is 23.4 Å². The number of anilines is 2. The van der Waals surface area contributed by atoms with Crippen LogP contribution >= 0.6 is 11.8 Å². The highest BCUT2D eigenvalue weighted by molar-refractivity contribution is 7.98. The van der Waals surface area contributed by atoms with E-state index in [0.717, 1.165) is 35.6 Å². The highest BCUT2D eigenvalue weighted by atomic mass is 32.2. The first-order valence-corrected chi connectivity index (χ1v) is 8.09. The molecule has 0 aliphatic carbocycles. The lowest BCUT2D eigenvalue weighted by molar-refractivity contribution is 0.331. The molecule has 0 saturated carbocycles. The van der Waals surface area contributed by atoms with E-state index in [-0.39, 0.29) is 0 Å². The lowest BCUT2D eigenvalue weighted by Crippen LogP contribution is -2.26. The van der Waals surface area contributed by atoms with Crippen molar-refractivity contribution in [3.05, 3.63) is 35.9 Å². The standard InChI is InChI=1S/C15H18N4OS/c1-16-13-9-14(18-15(17-13)21-2)19-7-8-20-12-6-4-3-5-11(12)10-19/h3-6,9H,7-8,10H2,1-2H3,(H,16,17,18). The number of rotatable bonds is 3. The van der Waals surface area contributed by atoms with Gasteiger partial charge in [-0.25, -0.2) is 9.97 Å². The summed E-state index contributed by atoms with van der Waals surface area (Å²) in [7, 11) is 1.87. The molecule has 0 atom stereocenters. The minimum atomic E-state index is 0.657. The van der Waals surface area contributed by atoms with Crippen molar-refractivity contribution in [2.24, 2.45) is 0 Å². The molecule has 0 bridgehead atoms. The first-order valence-electron chi connectivity index (χ1n) is 6.86. The number of thioether (sulfide) groups is 1. The number of hydrogen-bond donors (Lipinski definition) is 1. The maximum Gasteiger partial charge on any atom is 0.191 e. The Morgan fingerprint density at radius 3 is 2.95 bits per heavy atom. The van der Waals surface area contributed by atoms with Gasteiger partial charge in [0.1, 0.15) is 24.0 Å². The summed E-state index contributed by atoms with van der Waals surface area (Å²) in [5.41, 5.74) is 1.19. The Bertz CT molecular complexity index is 613. The van der Waals surface area contributed by atoms with Crippen LogP contribution in [0, 0.1) is 0 Å². The van der Waals surface area contributed by atoms with E-state index in [9.17, 15) is 0 Å². The Labute approximate surface area is 128 Å². The van der Waals surface area contributed by atoms with Gasteiger partial charge in [0.25, 0.3) is 0 Å². The normalized spacial score (nSPS) is 14.1. The van der Waals surface area contributed by atoms with Crippen LogP contribution in [-0.4, -0.2) is 36.4 Å². The second-order valence-corrected chi connectivity index (χ2v) is 5.50. The van der Waals surface area contributed by atoms with Crippen LogP contribution in [0.1, 0.15) is 5.56 Å². The fraction of sp³-hybridized carbons (Fsp3) is 0.333. The minimum absolute atomic E-state index is 0.657. The number of ether oxygens (including phenoxy) is 1. The molecule has 1 aromatic carbocycles. The molecule has 1 aliphatic rings. The van der Waals surface area contributed by atoms with Crippen LogP contribution in [0.15, 0.2) is 35.5 Å². The lowest BCUT2D eigenvalue weighted by atomic mass is 10.2. The second kappa shape index (κ2) is 6.22. The average molecular weight is 302 g/mol. The van der Waals surface area contributed by atoms with Crippen LogP contribution in [0.25, 0.3) is 0 Å². The fourth-order valence-electron chi connectivity index (χ4n) is 2.32. The summed E-state index contributed by atoms with van der Waals surface area (Å²) in [6.45, 7) is 2.26. The Kier molecular flexibility index (Phi) is 4.15. The molecule has 0 unspecified atom stereocenters. The van der Waals surface area contributed by atoms with Gasteiger partial charge >= 0.3 is 0 Å². The van der Waals surface area contributed by atoms with Crippen molar-refractivity contribution in [2.45, 2.75) is 11.7 Å². The van der Waals surface area contributed by atoms with Gasteiger partial charge in [-0.15, -0.1) is 0 Å². The topological polar surface area (TPSA) is 50.3 Å². The van der Waals surface area contributed by atoms with E-state index in [1.807, 2.05) is 37.6 Å². The van der Waals surface area contributed by atoms with Gasteiger partial charge in [0.2, 0.25) is 0 Å². The van der Waals surface area contributed by atoms with Gasteiger partial charge in [0, 0.05) is 25.2 Å². The van der Waals surface area contributed by atoms with Gasteiger partial charge in [0.15, 0.2) is 5.16 Å². The van der Waals surface area contributed by atoms with Crippen molar-refractivity contribution in [3.63, 3.8) is 0 Å². The molecule has 2 heterocycles. The predicted octanol–water partition coefficient (Wildman–Crippen LogP) is 2.64. The van der Waals surface area contributed by atoms with Crippen molar-refractivity contribution < 1.29 is 4.74 Å². The molecular formula is C15H18N4OS. The molecule has 5 nitrogen and oxygen atoms in total. The van der Waals surface area contributed by atoms with E-state index >= 15 is 0 Å². The molecule has 0 fully saturated rings. The second-order valence-electron chi connectivity index (χ2n) is 4.73. The SMILES string of the molecule is CNc1cc(N2CCOc3ccccc3C2)nc(SC)n1. The van der Waals surface area contributed by atoms with Crippen LogP contribution in [0.3, 0.4) is 0 Å². The molecule has 1 aromatic heterocycles. The smallest absolute Gasteiger partial charge is 0.191 e. The number of para-hydroxylation sites is 1. The Morgan fingerprint density at radius 2 is 2.14 bits per heavy atom. The molecule has 0 saturated heterocycles. The minimum Gasteiger partial charge on any atom is -0.491 e. The molecule has 110 valence electrons. The van der Waals surface area contributed by atoms with E-state index in [1.54, 1.807) is 11.8 Å². The monoisotopic (exact) mass is 302 g/mol. The molecular weight excluding hydrogens is 284 g/mol. The molecule has 21 heavy (non-hydrogen) atoms. The maximum absolute atomic E-state index is 5.81. The summed E-state index contributed by atoms with van der Waals surface area (Å²) >= 11 is 1.55. The fourth-order valence-corrected chi connectivity index (χ4v) is 2.69. The third-order valence-electron chi connectivity index (χ3n) is 3.41. The number of hydrogen-bond acceptors (Lipinski definition) is 6. The Hall–Kier alpha value is -1.95. The number of fused-ring (bicyclic) bond motifs is 1. The van der Waals surface area contributed by atoms with E-state index in [2.05, 4.69) is 26.3 Å². The highest BCUT2D eigenvalue weighted by Crippen LogP contribution is 2.27. The van der Waals surface area contributed by atoms with Gasteiger partial charge in [0.05, 0.1) is 6.54 Å². The van der Waals surface area contributed by atoms with Crippen molar-refractivity contribution in [3.8, 4) is 5.75 Å². The molecule has 0 radical (unpaired) electrons. The predicted molar refractivity (Wildman–Crippen MR) is 86.3 cm³/mol. The van der Waals surface area contributed by atoms with Crippen LogP contribution < -0.4 is 15.0 Å². The molecule has 1 N–H and O–H groups in total. The Morgan fingerprint density at radius 1 is 1.29 bits per heavy atom. The van der Waals surface area contributed by atoms with E-state index < -0.39 is 0 Å². The lowest BCUT2D eigenvalue weighted by Gasteiger charge is -2.21. The third kappa shape index (κ3) is 3.05. The van der Waals surface area contributed by atoms with Gasteiger partial charge < -0.3 is 15.0 Å². The maximum atomic E-state index is 5.81. The zero-order valence-corrected chi connectivity index (χ0v) is 13.0. The summed E-state index contributed by atoms with van der Waals surface area (Å²) in [4.78, 5) is 11.3. The number of benzene rings is 1. The zero-order chi connectivity index (χ0) is 14.7. The number of aromatic nitrogens is 2. The largest absolute Gasteiger partial charge is 0.491 e. The summed E-state index contributed by atoms with van der Waals surface area (Å²) < 4.78 is 5.81. The molecule has 2 aromatic rings. The van der Waals surface area contributed by atoms with Crippen molar-refractivity contribution in [1.29, 1.82) is 0 Å². The Balaban J connectivity index is 1.93. The van der Waals surface area contributed by atoms with Crippen molar-refractivity contribution in [1.82, 2.24) is 9.97 Å². The molecule has 0 amide bonds.